The fraction of sp³-hybridized carbons (Fsp3) is 0.360. The molecule has 9 nitrogen and oxygen atoms in total. The number of aromatic nitrogens is 6. The lowest BCUT2D eigenvalue weighted by Gasteiger charge is -2.15. The predicted octanol–water partition coefficient (Wildman–Crippen LogP) is 3.92. The van der Waals surface area contributed by atoms with Gasteiger partial charge in [0.2, 0.25) is 0 Å². The number of rotatable bonds is 10. The lowest BCUT2D eigenvalue weighted by atomic mass is 10.1. The highest BCUT2D eigenvalue weighted by atomic mass is 16.5. The topological polar surface area (TPSA) is 89.0 Å². The van der Waals surface area contributed by atoms with E-state index >= 15 is 0 Å². The summed E-state index contributed by atoms with van der Waals surface area (Å²) in [5.74, 6) is 1.35. The first kappa shape index (κ1) is 23.3. The van der Waals surface area contributed by atoms with Crippen LogP contribution in [0.15, 0.2) is 53.5 Å². The number of benzene rings is 2. The van der Waals surface area contributed by atoms with Gasteiger partial charge in [0.1, 0.15) is 18.1 Å². The monoisotopic (exact) mass is 462 g/mol. The van der Waals surface area contributed by atoms with Gasteiger partial charge < -0.3 is 9.47 Å². The van der Waals surface area contributed by atoms with E-state index in [2.05, 4.69) is 23.4 Å². The summed E-state index contributed by atoms with van der Waals surface area (Å²) in [6, 6.07) is 13.5. The maximum absolute atomic E-state index is 12.4. The average molecular weight is 463 g/mol. The van der Waals surface area contributed by atoms with Crippen LogP contribution in [0.3, 0.4) is 0 Å². The molecule has 0 amide bonds. The third-order valence-electron chi connectivity index (χ3n) is 5.75. The molecule has 0 N–H and O–H groups in total. The predicted molar refractivity (Wildman–Crippen MR) is 129 cm³/mol. The quantitative estimate of drug-likeness (QED) is 0.332. The van der Waals surface area contributed by atoms with Gasteiger partial charge >= 0.3 is 5.69 Å². The van der Waals surface area contributed by atoms with Crippen LogP contribution in [-0.2, 0) is 20.2 Å². The SMILES string of the molecule is CCCCCn1ccc(-c2ccc(OCc3c(OC)cccc3-n3nnn(C)c3=O)c(C)c2)n1. The molecule has 178 valence electrons. The van der Waals surface area contributed by atoms with E-state index in [-0.39, 0.29) is 12.3 Å². The Morgan fingerprint density at radius 1 is 1.03 bits per heavy atom. The first-order valence-corrected chi connectivity index (χ1v) is 11.4. The smallest absolute Gasteiger partial charge is 0.368 e. The third kappa shape index (κ3) is 4.88. The van der Waals surface area contributed by atoms with Gasteiger partial charge in [-0.1, -0.05) is 25.8 Å². The average Bonchev–Trinajstić information content (AvgIpc) is 3.45. The molecular weight excluding hydrogens is 432 g/mol. The van der Waals surface area contributed by atoms with Crippen LogP contribution >= 0.6 is 0 Å². The molecule has 2 aromatic heterocycles. The molecule has 0 fully saturated rings. The van der Waals surface area contributed by atoms with E-state index in [0.717, 1.165) is 35.5 Å². The van der Waals surface area contributed by atoms with Crippen LogP contribution < -0.4 is 15.2 Å². The standard InChI is InChI=1S/C25H30N6O3/c1-5-6-7-14-30-15-13-21(26-30)19-11-12-23(18(2)16-19)34-17-20-22(9-8-10-24(20)33-4)31-25(32)29(3)27-28-31/h8-13,15-16H,5-7,14,17H2,1-4H3. The molecule has 0 aliphatic carbocycles. The van der Waals surface area contributed by atoms with Gasteiger partial charge in [-0.15, -0.1) is 0 Å². The minimum absolute atomic E-state index is 0.203. The van der Waals surface area contributed by atoms with Crippen molar-refractivity contribution in [3.8, 4) is 28.4 Å². The molecule has 2 heterocycles. The number of ether oxygens (including phenoxy) is 2. The summed E-state index contributed by atoms with van der Waals surface area (Å²) in [7, 11) is 3.14. The molecule has 0 radical (unpaired) electrons. The lowest BCUT2D eigenvalue weighted by molar-refractivity contribution is 0.294. The van der Waals surface area contributed by atoms with Crippen molar-refractivity contribution in [3.05, 3.63) is 70.3 Å². The zero-order valence-electron chi connectivity index (χ0n) is 20.1. The van der Waals surface area contributed by atoms with Gasteiger partial charge in [-0.2, -0.15) is 14.5 Å². The van der Waals surface area contributed by atoms with Gasteiger partial charge in [-0.3, -0.25) is 4.68 Å². The first-order valence-electron chi connectivity index (χ1n) is 11.4. The largest absolute Gasteiger partial charge is 0.496 e. The van der Waals surface area contributed by atoms with Crippen molar-refractivity contribution in [2.24, 2.45) is 7.05 Å². The second-order valence-corrected chi connectivity index (χ2v) is 8.19. The number of aryl methyl sites for hydroxylation is 3. The van der Waals surface area contributed by atoms with Crippen LogP contribution in [0.2, 0.25) is 0 Å². The number of hydrogen-bond donors (Lipinski definition) is 0. The van der Waals surface area contributed by atoms with Gasteiger partial charge in [-0.05, 0) is 65.7 Å². The van der Waals surface area contributed by atoms with Crippen molar-refractivity contribution in [1.29, 1.82) is 0 Å². The Kier molecular flexibility index (Phi) is 7.10. The summed E-state index contributed by atoms with van der Waals surface area (Å²) in [5.41, 5.74) is 3.92. The van der Waals surface area contributed by atoms with Crippen molar-refractivity contribution in [2.45, 2.75) is 46.3 Å². The minimum Gasteiger partial charge on any atom is -0.496 e. The number of methoxy groups -OCH3 is 1. The Balaban J connectivity index is 1.54. The second kappa shape index (κ2) is 10.4. The molecule has 0 aliphatic heterocycles. The fourth-order valence-corrected chi connectivity index (χ4v) is 3.84. The molecule has 0 unspecified atom stereocenters. The zero-order chi connectivity index (χ0) is 24.1. The van der Waals surface area contributed by atoms with E-state index in [0.29, 0.717) is 17.0 Å². The highest BCUT2D eigenvalue weighted by Crippen LogP contribution is 2.29. The van der Waals surface area contributed by atoms with Gasteiger partial charge in [-0.25, -0.2) is 4.79 Å². The van der Waals surface area contributed by atoms with Gasteiger partial charge in [0.05, 0.1) is 24.1 Å². The van der Waals surface area contributed by atoms with E-state index in [1.54, 1.807) is 26.3 Å². The molecule has 0 saturated carbocycles. The molecule has 2 aromatic carbocycles. The third-order valence-corrected chi connectivity index (χ3v) is 5.75. The highest BCUT2D eigenvalue weighted by molar-refractivity contribution is 5.61. The number of tetrazole rings is 1. The molecule has 4 rings (SSSR count). The van der Waals surface area contributed by atoms with Gasteiger partial charge in [0.15, 0.2) is 0 Å². The maximum Gasteiger partial charge on any atom is 0.368 e. The van der Waals surface area contributed by atoms with Crippen molar-refractivity contribution in [3.63, 3.8) is 0 Å². The molecule has 0 spiro atoms. The van der Waals surface area contributed by atoms with Crippen LogP contribution in [0.5, 0.6) is 11.5 Å². The van der Waals surface area contributed by atoms with Crippen LogP contribution in [0.4, 0.5) is 0 Å². The van der Waals surface area contributed by atoms with Crippen molar-refractivity contribution >= 4 is 0 Å². The van der Waals surface area contributed by atoms with Crippen LogP contribution in [0.1, 0.15) is 37.3 Å². The van der Waals surface area contributed by atoms with Crippen LogP contribution in [0.25, 0.3) is 16.9 Å². The van der Waals surface area contributed by atoms with E-state index in [1.165, 1.54) is 22.2 Å². The molecule has 34 heavy (non-hydrogen) atoms. The zero-order valence-corrected chi connectivity index (χ0v) is 20.1. The molecular formula is C25H30N6O3. The van der Waals surface area contributed by atoms with E-state index in [1.807, 2.05) is 42.1 Å². The van der Waals surface area contributed by atoms with Crippen LogP contribution in [0, 0.1) is 6.92 Å². The van der Waals surface area contributed by atoms with Gasteiger partial charge in [0, 0.05) is 25.4 Å². The van der Waals surface area contributed by atoms with Crippen molar-refractivity contribution < 1.29 is 9.47 Å². The lowest BCUT2D eigenvalue weighted by Crippen LogP contribution is -2.23. The molecule has 0 aliphatic rings. The van der Waals surface area contributed by atoms with E-state index in [4.69, 9.17) is 14.6 Å². The summed E-state index contributed by atoms with van der Waals surface area (Å²) >= 11 is 0. The molecule has 0 saturated heterocycles. The Bertz CT molecular complexity index is 1320. The van der Waals surface area contributed by atoms with Gasteiger partial charge in [0.25, 0.3) is 0 Å². The Morgan fingerprint density at radius 3 is 2.59 bits per heavy atom. The Hall–Kier alpha value is -3.88. The highest BCUT2D eigenvalue weighted by Gasteiger charge is 2.16. The molecule has 9 heteroatoms. The minimum atomic E-state index is -0.343. The summed E-state index contributed by atoms with van der Waals surface area (Å²) in [6.07, 6.45) is 5.57. The molecule has 4 aromatic rings. The Labute approximate surface area is 198 Å². The summed E-state index contributed by atoms with van der Waals surface area (Å²) in [5, 5.41) is 12.5. The maximum atomic E-state index is 12.4. The number of unbranched alkanes of at least 4 members (excludes halogenated alkanes) is 2. The summed E-state index contributed by atoms with van der Waals surface area (Å²) < 4.78 is 16.1. The van der Waals surface area contributed by atoms with Crippen LogP contribution in [-0.4, -0.2) is 36.7 Å². The Morgan fingerprint density at radius 2 is 1.88 bits per heavy atom. The van der Waals surface area contributed by atoms with E-state index in [9.17, 15) is 4.79 Å². The summed E-state index contributed by atoms with van der Waals surface area (Å²) in [4.78, 5) is 12.4. The fourth-order valence-electron chi connectivity index (χ4n) is 3.84. The summed E-state index contributed by atoms with van der Waals surface area (Å²) in [6.45, 7) is 5.34. The number of nitrogens with zero attached hydrogens (tertiary/aromatic N) is 6. The van der Waals surface area contributed by atoms with Crippen molar-refractivity contribution in [1.82, 2.24) is 29.6 Å². The van der Waals surface area contributed by atoms with Crippen molar-refractivity contribution in [2.75, 3.05) is 7.11 Å². The van der Waals surface area contributed by atoms with E-state index < -0.39 is 0 Å². The molecule has 0 atom stereocenters. The second-order valence-electron chi connectivity index (χ2n) is 8.19. The first-order chi connectivity index (χ1) is 16.5. The normalized spacial score (nSPS) is 11.1. The number of hydrogen-bond acceptors (Lipinski definition) is 6. The molecule has 0 bridgehead atoms.